The summed E-state index contributed by atoms with van der Waals surface area (Å²) in [5.74, 6) is -0.216. The van der Waals surface area contributed by atoms with Crippen LogP contribution in [-0.2, 0) is 21.2 Å². The first kappa shape index (κ1) is 21.5. The van der Waals surface area contributed by atoms with E-state index >= 15 is 0 Å². The van der Waals surface area contributed by atoms with Crippen LogP contribution >= 0.6 is 0 Å². The Balaban J connectivity index is 1.36. The molecule has 7 nitrogen and oxygen atoms in total. The van der Waals surface area contributed by atoms with Crippen molar-refractivity contribution in [3.05, 3.63) is 89.6 Å². The van der Waals surface area contributed by atoms with Gasteiger partial charge in [-0.15, -0.1) is 0 Å². The largest absolute Gasteiger partial charge is 0.356 e. The second kappa shape index (κ2) is 10.5. The maximum Gasteiger partial charge on any atom is 0.233 e. The Morgan fingerprint density at radius 2 is 1.67 bits per heavy atom. The fraction of sp³-hybridized carbons (Fsp3) is 0.182. The molecule has 8 heteroatoms. The minimum Gasteiger partial charge on any atom is -0.356 e. The molecule has 30 heavy (non-hydrogen) atoms. The zero-order valence-corrected chi connectivity index (χ0v) is 17.3. The van der Waals surface area contributed by atoms with Crippen molar-refractivity contribution in [2.75, 3.05) is 13.1 Å². The highest BCUT2D eigenvalue weighted by Gasteiger charge is 2.07. The Morgan fingerprint density at radius 1 is 0.967 bits per heavy atom. The van der Waals surface area contributed by atoms with Gasteiger partial charge in [0, 0.05) is 37.5 Å². The number of benzene rings is 2. The Kier molecular flexibility index (Phi) is 7.53. The lowest BCUT2D eigenvalue weighted by Crippen LogP contribution is -2.31. The molecular formula is C22H24N4O3S. The molecule has 2 N–H and O–H groups in total. The van der Waals surface area contributed by atoms with Gasteiger partial charge >= 0.3 is 0 Å². The quantitative estimate of drug-likeness (QED) is 0.523. The molecule has 0 saturated carbocycles. The molecule has 0 aliphatic carbocycles. The number of aromatic nitrogens is 2. The number of hydrogen-bond donors (Lipinski definition) is 2. The maximum absolute atomic E-state index is 12.0. The molecule has 0 radical (unpaired) electrons. The van der Waals surface area contributed by atoms with Crippen LogP contribution in [0.3, 0.4) is 0 Å². The number of nitrogens with one attached hydrogen (secondary N) is 2. The fourth-order valence-corrected chi connectivity index (χ4v) is 3.54. The fourth-order valence-electron chi connectivity index (χ4n) is 2.73. The Hall–Kier alpha value is -3.23. The van der Waals surface area contributed by atoms with Gasteiger partial charge < -0.3 is 5.32 Å². The van der Waals surface area contributed by atoms with Crippen molar-refractivity contribution >= 4 is 22.0 Å². The van der Waals surface area contributed by atoms with Crippen molar-refractivity contribution in [1.82, 2.24) is 19.8 Å². The minimum atomic E-state index is -3.59. The lowest BCUT2D eigenvalue weighted by Gasteiger charge is -2.05. The molecule has 0 atom stereocenters. The lowest BCUT2D eigenvalue weighted by molar-refractivity contribution is -0.120. The van der Waals surface area contributed by atoms with E-state index in [-0.39, 0.29) is 18.9 Å². The number of carbonyl (C=O) groups excluding carboxylic acids is 1. The normalized spacial score (nSPS) is 11.6. The topological polar surface area (TPSA) is 93.1 Å². The smallest absolute Gasteiger partial charge is 0.233 e. The molecule has 0 fully saturated rings. The first-order valence-electron chi connectivity index (χ1n) is 9.61. The standard InChI is InChI=1S/C22H24N4O3S/c27-22(12-16-24-30(28,29)18-14-19-7-3-1-4-8-19)23-15-11-20-13-17-26(25-20)21-9-5-2-6-10-21/h1-10,13-14,17-18,24H,11-12,15-16H2,(H,23,27)/b18-14+. The molecule has 1 heterocycles. The summed E-state index contributed by atoms with van der Waals surface area (Å²) in [5.41, 5.74) is 2.63. The second-order valence-corrected chi connectivity index (χ2v) is 8.24. The lowest BCUT2D eigenvalue weighted by atomic mass is 10.2. The summed E-state index contributed by atoms with van der Waals surface area (Å²) < 4.78 is 28.1. The van der Waals surface area contributed by atoms with Crippen LogP contribution in [0.4, 0.5) is 0 Å². The highest BCUT2D eigenvalue weighted by Crippen LogP contribution is 2.07. The summed E-state index contributed by atoms with van der Waals surface area (Å²) in [6.45, 7) is 0.473. The Labute approximate surface area is 176 Å². The third kappa shape index (κ3) is 6.98. The summed E-state index contributed by atoms with van der Waals surface area (Å²) in [5, 5.41) is 8.37. The molecule has 0 unspecified atom stereocenters. The zero-order valence-electron chi connectivity index (χ0n) is 16.4. The van der Waals surface area contributed by atoms with Crippen LogP contribution in [0, 0.1) is 0 Å². The molecule has 3 rings (SSSR count). The van der Waals surface area contributed by atoms with Gasteiger partial charge in [0.15, 0.2) is 0 Å². The van der Waals surface area contributed by atoms with Crippen LogP contribution in [0.2, 0.25) is 0 Å². The first-order chi connectivity index (χ1) is 14.5. The maximum atomic E-state index is 12.0. The SMILES string of the molecule is O=C(CCNS(=O)(=O)/C=C/c1ccccc1)NCCc1ccn(-c2ccccc2)n1. The van der Waals surface area contributed by atoms with E-state index in [1.807, 2.05) is 72.9 Å². The van der Waals surface area contributed by atoms with Gasteiger partial charge in [-0.1, -0.05) is 48.5 Å². The molecule has 0 aliphatic rings. The molecule has 3 aromatic rings. The molecule has 1 amide bonds. The number of carbonyl (C=O) groups is 1. The summed E-state index contributed by atoms with van der Waals surface area (Å²) >= 11 is 0. The van der Waals surface area contributed by atoms with Gasteiger partial charge in [-0.05, 0) is 29.8 Å². The van der Waals surface area contributed by atoms with Crippen LogP contribution in [0.15, 0.2) is 78.3 Å². The van der Waals surface area contributed by atoms with Gasteiger partial charge in [0.2, 0.25) is 15.9 Å². The number of sulfonamides is 1. The third-order valence-corrected chi connectivity index (χ3v) is 5.36. The van der Waals surface area contributed by atoms with E-state index in [1.165, 1.54) is 6.08 Å². The minimum absolute atomic E-state index is 0.0376. The van der Waals surface area contributed by atoms with Gasteiger partial charge in [-0.25, -0.2) is 17.8 Å². The van der Waals surface area contributed by atoms with Crippen molar-refractivity contribution in [3.8, 4) is 5.69 Å². The van der Waals surface area contributed by atoms with Crippen LogP contribution in [0.25, 0.3) is 11.8 Å². The van der Waals surface area contributed by atoms with Gasteiger partial charge in [0.1, 0.15) is 0 Å². The molecule has 0 bridgehead atoms. The predicted molar refractivity (Wildman–Crippen MR) is 117 cm³/mol. The first-order valence-corrected chi connectivity index (χ1v) is 11.2. The monoisotopic (exact) mass is 424 g/mol. The van der Waals surface area contributed by atoms with Crippen LogP contribution in [-0.4, -0.2) is 37.2 Å². The highest BCUT2D eigenvalue weighted by molar-refractivity contribution is 7.92. The van der Waals surface area contributed by atoms with E-state index in [0.29, 0.717) is 13.0 Å². The number of amides is 1. The van der Waals surface area contributed by atoms with Crippen molar-refractivity contribution in [2.45, 2.75) is 12.8 Å². The van der Waals surface area contributed by atoms with E-state index in [2.05, 4.69) is 15.1 Å². The number of hydrogen-bond acceptors (Lipinski definition) is 4. The molecule has 0 spiro atoms. The molecule has 1 aromatic heterocycles. The molecule has 2 aromatic carbocycles. The second-order valence-electron chi connectivity index (χ2n) is 6.59. The van der Waals surface area contributed by atoms with Crippen molar-refractivity contribution in [3.63, 3.8) is 0 Å². The predicted octanol–water partition coefficient (Wildman–Crippen LogP) is 2.51. The van der Waals surface area contributed by atoms with Crippen molar-refractivity contribution in [2.24, 2.45) is 0 Å². The van der Waals surface area contributed by atoms with Crippen molar-refractivity contribution < 1.29 is 13.2 Å². The van der Waals surface area contributed by atoms with Crippen LogP contribution in [0.5, 0.6) is 0 Å². The van der Waals surface area contributed by atoms with Crippen LogP contribution in [0.1, 0.15) is 17.7 Å². The van der Waals surface area contributed by atoms with E-state index in [1.54, 1.807) is 4.68 Å². The third-order valence-electron chi connectivity index (χ3n) is 4.26. The van der Waals surface area contributed by atoms with Gasteiger partial charge in [-0.3, -0.25) is 4.79 Å². The number of rotatable bonds is 10. The number of para-hydroxylation sites is 1. The van der Waals surface area contributed by atoms with Crippen molar-refractivity contribution in [1.29, 1.82) is 0 Å². The van der Waals surface area contributed by atoms with Gasteiger partial charge in [-0.2, -0.15) is 5.10 Å². The average Bonchev–Trinajstić information content (AvgIpc) is 3.23. The van der Waals surface area contributed by atoms with E-state index in [0.717, 1.165) is 22.4 Å². The van der Waals surface area contributed by atoms with E-state index in [4.69, 9.17) is 0 Å². The number of nitrogens with zero attached hydrogens (tertiary/aromatic N) is 2. The van der Waals surface area contributed by atoms with Gasteiger partial charge in [0.25, 0.3) is 0 Å². The summed E-state index contributed by atoms with van der Waals surface area (Å²) in [4.78, 5) is 11.9. The van der Waals surface area contributed by atoms with Crippen LogP contribution < -0.4 is 10.0 Å². The van der Waals surface area contributed by atoms with E-state index < -0.39 is 10.0 Å². The van der Waals surface area contributed by atoms with E-state index in [9.17, 15) is 13.2 Å². The molecular weight excluding hydrogens is 400 g/mol. The zero-order chi connectivity index (χ0) is 21.2. The highest BCUT2D eigenvalue weighted by atomic mass is 32.2. The van der Waals surface area contributed by atoms with Gasteiger partial charge in [0.05, 0.1) is 11.4 Å². The summed E-state index contributed by atoms with van der Waals surface area (Å²) in [7, 11) is -3.59. The Bertz CT molecular complexity index is 1080. The Morgan fingerprint density at radius 3 is 2.40 bits per heavy atom. The molecule has 0 aliphatic heterocycles. The molecule has 156 valence electrons. The summed E-state index contributed by atoms with van der Waals surface area (Å²) in [6.07, 6.45) is 4.05. The average molecular weight is 425 g/mol. The molecule has 0 saturated heterocycles. The summed E-state index contributed by atoms with van der Waals surface area (Å²) in [6, 6.07) is 20.8.